The number of cyclic esters (lactones) is 1. The fourth-order valence-electron chi connectivity index (χ4n) is 2.68. The van der Waals surface area contributed by atoms with Crippen LogP contribution in [0.25, 0.3) is 0 Å². The third kappa shape index (κ3) is 2.20. The van der Waals surface area contributed by atoms with Crippen molar-refractivity contribution < 1.29 is 9.53 Å². The van der Waals surface area contributed by atoms with Gasteiger partial charge in [0.25, 0.3) is 0 Å². The summed E-state index contributed by atoms with van der Waals surface area (Å²) >= 11 is 0. The first-order valence-corrected chi connectivity index (χ1v) is 6.28. The average molecular weight is 248 g/mol. The SMILES string of the molecule is Cc1cc(C)c(N2C(=O)OCCC2CN)c(C)c1. The molecule has 4 heteroatoms. The molecule has 1 aliphatic rings. The van der Waals surface area contributed by atoms with Gasteiger partial charge in [-0.25, -0.2) is 4.79 Å². The van der Waals surface area contributed by atoms with Gasteiger partial charge in [0.05, 0.1) is 18.3 Å². The summed E-state index contributed by atoms with van der Waals surface area (Å²) in [7, 11) is 0. The van der Waals surface area contributed by atoms with Gasteiger partial charge in [0.1, 0.15) is 0 Å². The van der Waals surface area contributed by atoms with Crippen LogP contribution in [0, 0.1) is 20.8 Å². The summed E-state index contributed by atoms with van der Waals surface area (Å²) < 4.78 is 5.15. The molecule has 0 radical (unpaired) electrons. The number of benzene rings is 1. The Morgan fingerprint density at radius 1 is 1.33 bits per heavy atom. The van der Waals surface area contributed by atoms with Crippen LogP contribution in [0.3, 0.4) is 0 Å². The smallest absolute Gasteiger partial charge is 0.414 e. The van der Waals surface area contributed by atoms with E-state index in [1.54, 1.807) is 4.90 Å². The van der Waals surface area contributed by atoms with Crippen LogP contribution in [0.15, 0.2) is 12.1 Å². The van der Waals surface area contributed by atoms with Crippen molar-refractivity contribution in [3.8, 4) is 0 Å². The van der Waals surface area contributed by atoms with Crippen LogP contribution in [0.2, 0.25) is 0 Å². The number of aryl methyl sites for hydroxylation is 3. The molecule has 1 heterocycles. The lowest BCUT2D eigenvalue weighted by atomic mass is 10.0. The minimum Gasteiger partial charge on any atom is -0.449 e. The maximum absolute atomic E-state index is 12.0. The molecule has 1 fully saturated rings. The second kappa shape index (κ2) is 4.98. The minimum atomic E-state index is -0.285. The molecule has 1 saturated heterocycles. The van der Waals surface area contributed by atoms with Crippen LogP contribution in [0.5, 0.6) is 0 Å². The molecule has 0 spiro atoms. The Kier molecular flexibility index (Phi) is 3.57. The van der Waals surface area contributed by atoms with E-state index in [1.807, 2.05) is 13.8 Å². The normalized spacial score (nSPS) is 19.9. The highest BCUT2D eigenvalue weighted by Gasteiger charge is 2.31. The third-order valence-corrected chi connectivity index (χ3v) is 3.39. The minimum absolute atomic E-state index is 0.0337. The number of nitrogens with zero attached hydrogens (tertiary/aromatic N) is 1. The van der Waals surface area contributed by atoms with Gasteiger partial charge < -0.3 is 10.5 Å². The van der Waals surface area contributed by atoms with E-state index in [0.717, 1.165) is 23.2 Å². The summed E-state index contributed by atoms with van der Waals surface area (Å²) in [6.45, 7) is 7.01. The molecule has 1 aromatic carbocycles. The van der Waals surface area contributed by atoms with E-state index >= 15 is 0 Å². The third-order valence-electron chi connectivity index (χ3n) is 3.39. The number of carbonyl (C=O) groups is 1. The Morgan fingerprint density at radius 2 is 1.94 bits per heavy atom. The summed E-state index contributed by atoms with van der Waals surface area (Å²) in [6.07, 6.45) is 0.501. The standard InChI is InChI=1S/C14H20N2O2/c1-9-6-10(2)13(11(3)7-9)16-12(8-15)4-5-18-14(16)17/h6-7,12H,4-5,8,15H2,1-3H3. The molecule has 1 atom stereocenters. The van der Waals surface area contributed by atoms with Gasteiger partial charge in [-0.05, 0) is 31.9 Å². The van der Waals surface area contributed by atoms with E-state index in [0.29, 0.717) is 13.2 Å². The number of nitrogens with two attached hydrogens (primary N) is 1. The Morgan fingerprint density at radius 3 is 2.50 bits per heavy atom. The molecule has 1 aliphatic heterocycles. The Balaban J connectivity index is 2.48. The van der Waals surface area contributed by atoms with Crippen molar-refractivity contribution in [2.24, 2.45) is 5.73 Å². The lowest BCUT2D eigenvalue weighted by Crippen LogP contribution is -2.50. The molecule has 18 heavy (non-hydrogen) atoms. The molecule has 2 N–H and O–H groups in total. The quantitative estimate of drug-likeness (QED) is 0.873. The topological polar surface area (TPSA) is 55.6 Å². The fourth-order valence-corrected chi connectivity index (χ4v) is 2.68. The molecule has 1 amide bonds. The van der Waals surface area contributed by atoms with E-state index < -0.39 is 0 Å². The zero-order valence-corrected chi connectivity index (χ0v) is 11.2. The molecule has 0 saturated carbocycles. The van der Waals surface area contributed by atoms with Gasteiger partial charge in [-0.15, -0.1) is 0 Å². The van der Waals surface area contributed by atoms with E-state index in [-0.39, 0.29) is 12.1 Å². The molecule has 1 aromatic rings. The van der Waals surface area contributed by atoms with Gasteiger partial charge in [0.15, 0.2) is 0 Å². The first kappa shape index (κ1) is 12.9. The number of amides is 1. The van der Waals surface area contributed by atoms with E-state index in [1.165, 1.54) is 5.56 Å². The van der Waals surface area contributed by atoms with Crippen molar-refractivity contribution in [1.29, 1.82) is 0 Å². The molecule has 2 rings (SSSR count). The lowest BCUT2D eigenvalue weighted by molar-refractivity contribution is 0.130. The van der Waals surface area contributed by atoms with Gasteiger partial charge in [-0.3, -0.25) is 4.90 Å². The van der Waals surface area contributed by atoms with Gasteiger partial charge in [0, 0.05) is 13.0 Å². The number of hydrogen-bond donors (Lipinski definition) is 1. The maximum Gasteiger partial charge on any atom is 0.414 e. The largest absolute Gasteiger partial charge is 0.449 e. The fraction of sp³-hybridized carbons (Fsp3) is 0.500. The van der Waals surface area contributed by atoms with E-state index in [9.17, 15) is 4.79 Å². The number of carbonyl (C=O) groups excluding carboxylic acids is 1. The lowest BCUT2D eigenvalue weighted by Gasteiger charge is -2.36. The van der Waals surface area contributed by atoms with Gasteiger partial charge >= 0.3 is 6.09 Å². The molecule has 98 valence electrons. The van der Waals surface area contributed by atoms with Crippen LogP contribution < -0.4 is 10.6 Å². The van der Waals surface area contributed by atoms with Crippen LogP contribution >= 0.6 is 0 Å². The highest BCUT2D eigenvalue weighted by atomic mass is 16.6. The summed E-state index contributed by atoms with van der Waals surface area (Å²) in [4.78, 5) is 13.7. The number of hydrogen-bond acceptors (Lipinski definition) is 3. The summed E-state index contributed by atoms with van der Waals surface area (Å²) in [5.41, 5.74) is 10.1. The summed E-state index contributed by atoms with van der Waals surface area (Å²) in [6, 6.07) is 4.20. The average Bonchev–Trinajstić information content (AvgIpc) is 2.29. The number of rotatable bonds is 2. The highest BCUT2D eigenvalue weighted by Crippen LogP contribution is 2.30. The molecule has 0 bridgehead atoms. The van der Waals surface area contributed by atoms with E-state index in [2.05, 4.69) is 19.1 Å². The maximum atomic E-state index is 12.0. The summed E-state index contributed by atoms with van der Waals surface area (Å²) in [5, 5.41) is 0. The van der Waals surface area contributed by atoms with Crippen LogP contribution in [0.1, 0.15) is 23.1 Å². The first-order chi connectivity index (χ1) is 8.54. The van der Waals surface area contributed by atoms with Crippen molar-refractivity contribution in [3.05, 3.63) is 28.8 Å². The number of ether oxygens (including phenoxy) is 1. The van der Waals surface area contributed by atoms with Crippen molar-refractivity contribution >= 4 is 11.8 Å². The first-order valence-electron chi connectivity index (χ1n) is 6.28. The van der Waals surface area contributed by atoms with Gasteiger partial charge in [0.2, 0.25) is 0 Å². The van der Waals surface area contributed by atoms with Crippen LogP contribution in [-0.2, 0) is 4.74 Å². The van der Waals surface area contributed by atoms with Crippen molar-refractivity contribution in [2.45, 2.75) is 33.2 Å². The molecular formula is C14H20N2O2. The van der Waals surface area contributed by atoms with Crippen molar-refractivity contribution in [3.63, 3.8) is 0 Å². The predicted molar refractivity (Wildman–Crippen MR) is 71.9 cm³/mol. The molecule has 4 nitrogen and oxygen atoms in total. The second-order valence-corrected chi connectivity index (χ2v) is 4.91. The Hall–Kier alpha value is -1.55. The highest BCUT2D eigenvalue weighted by molar-refractivity contribution is 5.91. The monoisotopic (exact) mass is 248 g/mol. The van der Waals surface area contributed by atoms with Crippen LogP contribution in [0.4, 0.5) is 10.5 Å². The molecule has 0 aromatic heterocycles. The number of anilines is 1. The zero-order chi connectivity index (χ0) is 13.3. The Labute approximate surface area is 108 Å². The van der Waals surface area contributed by atoms with Gasteiger partial charge in [-0.1, -0.05) is 17.7 Å². The molecule has 1 unspecified atom stereocenters. The zero-order valence-electron chi connectivity index (χ0n) is 11.2. The van der Waals surface area contributed by atoms with Crippen molar-refractivity contribution in [1.82, 2.24) is 0 Å². The van der Waals surface area contributed by atoms with Gasteiger partial charge in [-0.2, -0.15) is 0 Å². The molecule has 0 aliphatic carbocycles. The van der Waals surface area contributed by atoms with Crippen LogP contribution in [-0.4, -0.2) is 25.3 Å². The summed E-state index contributed by atoms with van der Waals surface area (Å²) in [5.74, 6) is 0. The van der Waals surface area contributed by atoms with Crippen molar-refractivity contribution in [2.75, 3.05) is 18.1 Å². The Bertz CT molecular complexity index is 448. The predicted octanol–water partition coefficient (Wildman–Crippen LogP) is 2.29. The molecular weight excluding hydrogens is 228 g/mol. The second-order valence-electron chi connectivity index (χ2n) is 4.91. The van der Waals surface area contributed by atoms with E-state index in [4.69, 9.17) is 10.5 Å².